The molecule has 1 aliphatic heterocycles. The first-order chi connectivity index (χ1) is 10.5. The van der Waals surface area contributed by atoms with Crippen LogP contribution in [0.5, 0.6) is 0 Å². The Kier molecular flexibility index (Phi) is 3.58. The molecule has 2 aromatic rings. The smallest absolute Gasteiger partial charge is 0.256 e. The second-order valence-corrected chi connectivity index (χ2v) is 4.96. The van der Waals surface area contributed by atoms with Crippen molar-refractivity contribution in [3.8, 4) is 0 Å². The maximum Gasteiger partial charge on any atom is 0.256 e. The molecule has 1 saturated heterocycles. The molecule has 2 amide bonds. The third-order valence-corrected chi connectivity index (χ3v) is 3.38. The van der Waals surface area contributed by atoms with Crippen molar-refractivity contribution in [2.24, 2.45) is 0 Å². The Hall–Kier alpha value is -2.76. The molecule has 4 nitrogen and oxygen atoms in total. The van der Waals surface area contributed by atoms with Crippen molar-refractivity contribution in [1.82, 2.24) is 0 Å². The Morgan fingerprint density at radius 2 is 1.68 bits per heavy atom. The summed E-state index contributed by atoms with van der Waals surface area (Å²) >= 11 is 0. The summed E-state index contributed by atoms with van der Waals surface area (Å²) in [5, 5.41) is 2.83. The number of nitrogens with zero attached hydrogens (tertiary/aromatic N) is 1. The number of benzene rings is 2. The Morgan fingerprint density at radius 1 is 1.00 bits per heavy atom. The molecule has 0 aromatic heterocycles. The number of hydrogen-bond acceptors (Lipinski definition) is 3. The fraction of sp³-hybridized carbons (Fsp3) is 0.125. The van der Waals surface area contributed by atoms with Crippen LogP contribution in [0.25, 0.3) is 0 Å². The molecule has 1 N–H and O–H groups in total. The molecule has 0 aliphatic carbocycles. The number of halogens is 2. The molecule has 1 fully saturated rings. The van der Waals surface area contributed by atoms with Gasteiger partial charge in [-0.25, -0.2) is 13.7 Å². The molecule has 1 heterocycles. The zero-order valence-corrected chi connectivity index (χ0v) is 11.4. The molecule has 0 bridgehead atoms. The highest BCUT2D eigenvalue weighted by atomic mass is 19.1. The fourth-order valence-electron chi connectivity index (χ4n) is 2.41. The van der Waals surface area contributed by atoms with Crippen molar-refractivity contribution in [1.29, 1.82) is 0 Å². The number of rotatable bonds is 3. The van der Waals surface area contributed by atoms with Crippen molar-refractivity contribution in [2.75, 3.05) is 10.2 Å². The van der Waals surface area contributed by atoms with Crippen LogP contribution in [-0.2, 0) is 9.59 Å². The van der Waals surface area contributed by atoms with Crippen molar-refractivity contribution in [3.05, 3.63) is 60.2 Å². The predicted molar refractivity (Wildman–Crippen MR) is 77.3 cm³/mol. The largest absolute Gasteiger partial charge is 0.373 e. The van der Waals surface area contributed by atoms with Gasteiger partial charge >= 0.3 is 0 Å². The lowest BCUT2D eigenvalue weighted by atomic mass is 10.2. The summed E-state index contributed by atoms with van der Waals surface area (Å²) in [6.45, 7) is 0. The molecule has 2 aromatic carbocycles. The Morgan fingerprint density at radius 3 is 2.36 bits per heavy atom. The first kappa shape index (κ1) is 14.2. The number of hydrogen-bond donors (Lipinski definition) is 1. The number of imide groups is 1. The van der Waals surface area contributed by atoms with E-state index in [0.29, 0.717) is 5.69 Å². The summed E-state index contributed by atoms with van der Waals surface area (Å²) < 4.78 is 26.4. The van der Waals surface area contributed by atoms with Crippen LogP contribution >= 0.6 is 0 Å². The van der Waals surface area contributed by atoms with Crippen molar-refractivity contribution in [3.63, 3.8) is 0 Å². The SMILES string of the molecule is O=C1CC(Nc2cccc(F)c2)C(=O)N1c1cccc(F)c1. The quantitative estimate of drug-likeness (QED) is 0.887. The summed E-state index contributed by atoms with van der Waals surface area (Å²) in [5.74, 6) is -1.88. The van der Waals surface area contributed by atoms with Crippen LogP contribution in [0.4, 0.5) is 20.2 Å². The molecule has 0 saturated carbocycles. The molecule has 0 radical (unpaired) electrons. The molecule has 1 atom stereocenters. The van der Waals surface area contributed by atoms with E-state index in [9.17, 15) is 18.4 Å². The molecule has 0 spiro atoms. The number of amides is 2. The van der Waals surface area contributed by atoms with E-state index in [1.165, 1.54) is 36.4 Å². The molecule has 1 unspecified atom stereocenters. The van der Waals surface area contributed by atoms with Gasteiger partial charge in [-0.05, 0) is 36.4 Å². The molecule has 6 heteroatoms. The van der Waals surface area contributed by atoms with Gasteiger partial charge in [0.05, 0.1) is 12.1 Å². The summed E-state index contributed by atoms with van der Waals surface area (Å²) in [7, 11) is 0. The summed E-state index contributed by atoms with van der Waals surface area (Å²) in [6, 6.07) is 10.1. The molecule has 22 heavy (non-hydrogen) atoms. The second-order valence-electron chi connectivity index (χ2n) is 4.96. The first-order valence-corrected chi connectivity index (χ1v) is 6.69. The van der Waals surface area contributed by atoms with Crippen LogP contribution in [0.15, 0.2) is 48.5 Å². The first-order valence-electron chi connectivity index (χ1n) is 6.69. The van der Waals surface area contributed by atoms with Gasteiger partial charge in [0.15, 0.2) is 0 Å². The minimum Gasteiger partial charge on any atom is -0.373 e. The van der Waals surface area contributed by atoms with Gasteiger partial charge in [-0.1, -0.05) is 12.1 Å². The van der Waals surface area contributed by atoms with Crippen LogP contribution < -0.4 is 10.2 Å². The number of anilines is 2. The third kappa shape index (κ3) is 2.67. The number of carbonyl (C=O) groups excluding carboxylic acids is 2. The maximum atomic E-state index is 13.3. The molecular formula is C16H12F2N2O2. The van der Waals surface area contributed by atoms with Crippen molar-refractivity contribution < 1.29 is 18.4 Å². The van der Waals surface area contributed by atoms with Gasteiger partial charge in [-0.15, -0.1) is 0 Å². The summed E-state index contributed by atoms with van der Waals surface area (Å²) in [6.07, 6.45) is -0.0636. The monoisotopic (exact) mass is 302 g/mol. The van der Waals surface area contributed by atoms with Crippen LogP contribution in [0.2, 0.25) is 0 Å². The molecule has 1 aliphatic rings. The Balaban J connectivity index is 1.82. The average molecular weight is 302 g/mol. The van der Waals surface area contributed by atoms with E-state index in [0.717, 1.165) is 11.0 Å². The van der Waals surface area contributed by atoms with Gasteiger partial charge in [0.25, 0.3) is 5.91 Å². The normalized spacial score (nSPS) is 17.9. The predicted octanol–water partition coefficient (Wildman–Crippen LogP) is 2.71. The highest BCUT2D eigenvalue weighted by molar-refractivity contribution is 6.23. The van der Waals surface area contributed by atoms with Gasteiger partial charge in [-0.3, -0.25) is 9.59 Å². The van der Waals surface area contributed by atoms with E-state index < -0.39 is 29.5 Å². The van der Waals surface area contributed by atoms with E-state index >= 15 is 0 Å². The lowest BCUT2D eigenvalue weighted by Crippen LogP contribution is -2.34. The number of carbonyl (C=O) groups is 2. The van der Waals surface area contributed by atoms with E-state index in [2.05, 4.69) is 5.32 Å². The third-order valence-electron chi connectivity index (χ3n) is 3.38. The molecule has 3 rings (SSSR count). The van der Waals surface area contributed by atoms with Crippen molar-refractivity contribution in [2.45, 2.75) is 12.5 Å². The summed E-state index contributed by atoms with van der Waals surface area (Å²) in [4.78, 5) is 25.3. The average Bonchev–Trinajstić information content (AvgIpc) is 2.73. The van der Waals surface area contributed by atoms with Gasteiger partial charge in [-0.2, -0.15) is 0 Å². The van der Waals surface area contributed by atoms with Gasteiger partial charge in [0.1, 0.15) is 17.7 Å². The van der Waals surface area contributed by atoms with Crippen LogP contribution in [0, 0.1) is 11.6 Å². The van der Waals surface area contributed by atoms with E-state index in [-0.39, 0.29) is 12.1 Å². The minimum absolute atomic E-state index is 0.0636. The lowest BCUT2D eigenvalue weighted by molar-refractivity contribution is -0.121. The van der Waals surface area contributed by atoms with E-state index in [1.54, 1.807) is 6.07 Å². The highest BCUT2D eigenvalue weighted by Crippen LogP contribution is 2.25. The summed E-state index contributed by atoms with van der Waals surface area (Å²) in [5.41, 5.74) is 0.603. The topological polar surface area (TPSA) is 49.4 Å². The van der Waals surface area contributed by atoms with Gasteiger partial charge in [0.2, 0.25) is 5.91 Å². The number of nitrogens with one attached hydrogen (secondary N) is 1. The Labute approximate surface area is 125 Å². The zero-order chi connectivity index (χ0) is 15.7. The van der Waals surface area contributed by atoms with Crippen LogP contribution in [-0.4, -0.2) is 17.9 Å². The van der Waals surface area contributed by atoms with Crippen LogP contribution in [0.3, 0.4) is 0 Å². The Bertz CT molecular complexity index is 748. The van der Waals surface area contributed by atoms with Crippen molar-refractivity contribution >= 4 is 23.2 Å². The van der Waals surface area contributed by atoms with Gasteiger partial charge in [0, 0.05) is 5.69 Å². The fourth-order valence-corrected chi connectivity index (χ4v) is 2.41. The highest BCUT2D eigenvalue weighted by Gasteiger charge is 2.39. The standard InChI is InChI=1S/C16H12F2N2O2/c17-10-3-1-5-12(7-10)19-14-9-15(21)20(16(14)22)13-6-2-4-11(18)8-13/h1-8,14,19H,9H2. The molecule has 112 valence electrons. The molecular weight excluding hydrogens is 290 g/mol. The zero-order valence-electron chi connectivity index (χ0n) is 11.4. The van der Waals surface area contributed by atoms with E-state index in [1.807, 2.05) is 0 Å². The second kappa shape index (κ2) is 5.55. The minimum atomic E-state index is -0.794. The van der Waals surface area contributed by atoms with Crippen LogP contribution in [0.1, 0.15) is 6.42 Å². The van der Waals surface area contributed by atoms with Gasteiger partial charge < -0.3 is 5.32 Å². The lowest BCUT2D eigenvalue weighted by Gasteiger charge is -2.16. The maximum absolute atomic E-state index is 13.3. The van der Waals surface area contributed by atoms with E-state index in [4.69, 9.17) is 0 Å².